The van der Waals surface area contributed by atoms with Crippen LogP contribution >= 0.6 is 24.0 Å². The summed E-state index contributed by atoms with van der Waals surface area (Å²) >= 11 is 0. The fourth-order valence-corrected chi connectivity index (χ4v) is 3.61. The van der Waals surface area contributed by atoms with Crippen molar-refractivity contribution in [1.82, 2.24) is 15.1 Å². The number of hydrogen-bond acceptors (Lipinski definition) is 3. The molecule has 0 spiro atoms. The number of carbonyl (C=O) groups excluding carboxylic acids is 1. The zero-order valence-corrected chi connectivity index (χ0v) is 20.2. The first-order valence-corrected chi connectivity index (χ1v) is 10.2. The van der Waals surface area contributed by atoms with Gasteiger partial charge < -0.3 is 20.0 Å². The molecule has 162 valence electrons. The van der Waals surface area contributed by atoms with E-state index in [0.29, 0.717) is 13.0 Å². The number of nitrogens with zero attached hydrogens (tertiary/aromatic N) is 4. The van der Waals surface area contributed by atoms with Gasteiger partial charge in [-0.2, -0.15) is 0 Å². The molecule has 1 aliphatic heterocycles. The van der Waals surface area contributed by atoms with E-state index < -0.39 is 0 Å². The number of amides is 1. The highest BCUT2D eigenvalue weighted by molar-refractivity contribution is 14.0. The van der Waals surface area contributed by atoms with Crippen LogP contribution in [0, 0.1) is 0 Å². The van der Waals surface area contributed by atoms with Crippen molar-refractivity contribution >= 4 is 41.5 Å². The Morgan fingerprint density at radius 1 is 1.00 bits per heavy atom. The van der Waals surface area contributed by atoms with Crippen molar-refractivity contribution in [2.75, 3.05) is 51.7 Å². The molecule has 3 rings (SSSR count). The molecule has 0 unspecified atom stereocenters. The molecule has 6 nitrogen and oxygen atoms in total. The summed E-state index contributed by atoms with van der Waals surface area (Å²) in [7, 11) is 3.78. The normalized spacial score (nSPS) is 14.1. The third kappa shape index (κ3) is 6.90. The van der Waals surface area contributed by atoms with Crippen molar-refractivity contribution in [3.05, 3.63) is 66.2 Å². The molecule has 0 aliphatic carbocycles. The molecule has 7 heteroatoms. The second-order valence-electron chi connectivity index (χ2n) is 7.27. The first kappa shape index (κ1) is 24.0. The minimum absolute atomic E-state index is 0. The third-order valence-corrected chi connectivity index (χ3v) is 5.21. The van der Waals surface area contributed by atoms with E-state index in [9.17, 15) is 4.79 Å². The summed E-state index contributed by atoms with van der Waals surface area (Å²) in [5.41, 5.74) is 2.46. The summed E-state index contributed by atoms with van der Waals surface area (Å²) < 4.78 is 0. The van der Waals surface area contributed by atoms with E-state index in [-0.39, 0.29) is 29.9 Å². The molecule has 2 aromatic rings. The fraction of sp³-hybridized carbons (Fsp3) is 0.391. The zero-order chi connectivity index (χ0) is 20.5. The van der Waals surface area contributed by atoms with Gasteiger partial charge in [-0.1, -0.05) is 48.5 Å². The number of aliphatic imine (C=N–C) groups is 1. The monoisotopic (exact) mass is 521 g/mol. The number of anilines is 1. The van der Waals surface area contributed by atoms with Crippen molar-refractivity contribution in [1.29, 1.82) is 0 Å². The van der Waals surface area contributed by atoms with Crippen molar-refractivity contribution in [2.45, 2.75) is 13.0 Å². The van der Waals surface area contributed by atoms with Crippen LogP contribution in [-0.2, 0) is 11.3 Å². The molecule has 1 saturated heterocycles. The molecular formula is C23H32IN5O. The van der Waals surface area contributed by atoms with Crippen LogP contribution < -0.4 is 10.2 Å². The quantitative estimate of drug-likeness (QED) is 0.361. The number of halogens is 1. The average Bonchev–Trinajstić information content (AvgIpc) is 2.78. The van der Waals surface area contributed by atoms with Gasteiger partial charge in [0.05, 0.1) is 0 Å². The largest absolute Gasteiger partial charge is 0.368 e. The first-order chi connectivity index (χ1) is 14.2. The molecule has 0 saturated carbocycles. The average molecular weight is 521 g/mol. The van der Waals surface area contributed by atoms with Crippen LogP contribution in [0.3, 0.4) is 0 Å². The van der Waals surface area contributed by atoms with E-state index in [2.05, 4.69) is 56.5 Å². The number of benzene rings is 2. The number of nitrogens with one attached hydrogen (secondary N) is 1. The molecule has 2 aromatic carbocycles. The van der Waals surface area contributed by atoms with Gasteiger partial charge in [-0.3, -0.25) is 9.79 Å². The number of rotatable bonds is 6. The van der Waals surface area contributed by atoms with Crippen LogP contribution in [0.5, 0.6) is 0 Å². The lowest BCUT2D eigenvalue weighted by atomic mass is 10.2. The fourth-order valence-electron chi connectivity index (χ4n) is 3.61. The summed E-state index contributed by atoms with van der Waals surface area (Å²) in [6, 6.07) is 20.7. The van der Waals surface area contributed by atoms with E-state index >= 15 is 0 Å². The van der Waals surface area contributed by atoms with Gasteiger partial charge in [0.25, 0.3) is 0 Å². The Bertz CT molecular complexity index is 792. The van der Waals surface area contributed by atoms with E-state index in [1.807, 2.05) is 36.2 Å². The van der Waals surface area contributed by atoms with E-state index in [1.165, 1.54) is 11.3 Å². The molecule has 1 heterocycles. The van der Waals surface area contributed by atoms with Gasteiger partial charge in [-0.05, 0) is 17.7 Å². The zero-order valence-electron chi connectivity index (χ0n) is 17.8. The Balaban J connectivity index is 0.00000320. The Kier molecular flexibility index (Phi) is 9.93. The minimum atomic E-state index is 0. The molecular weight excluding hydrogens is 489 g/mol. The predicted octanol–water partition coefficient (Wildman–Crippen LogP) is 3.05. The molecule has 0 atom stereocenters. The van der Waals surface area contributed by atoms with Crippen molar-refractivity contribution in [3.8, 4) is 0 Å². The number of hydrogen-bond donors (Lipinski definition) is 1. The Labute approximate surface area is 197 Å². The number of carbonyl (C=O) groups is 1. The molecule has 0 aromatic heterocycles. The van der Waals surface area contributed by atoms with Gasteiger partial charge in [-0.25, -0.2) is 0 Å². The standard InChI is InChI=1S/C23H31N5O.HI/c1-24-23(26(2)19-20-9-5-3-6-10-20)25-14-13-22(29)28-17-15-27(16-18-28)21-11-7-4-8-12-21;/h3-12H,13-19H2,1-2H3,(H,24,25);1H. The maximum atomic E-state index is 12.6. The predicted molar refractivity (Wildman–Crippen MR) is 135 cm³/mol. The SMILES string of the molecule is CN=C(NCCC(=O)N1CCN(c2ccccc2)CC1)N(C)Cc1ccccc1.I. The van der Waals surface area contributed by atoms with Gasteiger partial charge in [-0.15, -0.1) is 24.0 Å². The smallest absolute Gasteiger partial charge is 0.224 e. The van der Waals surface area contributed by atoms with Crippen LogP contribution in [0.1, 0.15) is 12.0 Å². The topological polar surface area (TPSA) is 51.2 Å². The molecule has 30 heavy (non-hydrogen) atoms. The first-order valence-electron chi connectivity index (χ1n) is 10.2. The van der Waals surface area contributed by atoms with Crippen molar-refractivity contribution in [2.24, 2.45) is 4.99 Å². The number of para-hydroxylation sites is 1. The molecule has 0 bridgehead atoms. The van der Waals surface area contributed by atoms with Crippen LogP contribution in [0.15, 0.2) is 65.7 Å². The maximum Gasteiger partial charge on any atom is 0.224 e. The maximum absolute atomic E-state index is 12.6. The van der Waals surface area contributed by atoms with Gasteiger partial charge in [0.2, 0.25) is 5.91 Å². The molecule has 0 radical (unpaired) electrons. The molecule has 1 amide bonds. The highest BCUT2D eigenvalue weighted by Gasteiger charge is 2.21. The van der Waals surface area contributed by atoms with E-state index in [1.54, 1.807) is 7.05 Å². The Morgan fingerprint density at radius 2 is 1.60 bits per heavy atom. The lowest BCUT2D eigenvalue weighted by Gasteiger charge is -2.36. The number of guanidine groups is 1. The van der Waals surface area contributed by atoms with Crippen molar-refractivity contribution < 1.29 is 4.79 Å². The second kappa shape index (κ2) is 12.4. The van der Waals surface area contributed by atoms with Crippen LogP contribution in [0.2, 0.25) is 0 Å². The number of piperazine rings is 1. The van der Waals surface area contributed by atoms with Gasteiger partial charge in [0.1, 0.15) is 0 Å². The summed E-state index contributed by atoms with van der Waals surface area (Å²) in [5.74, 6) is 1.00. The highest BCUT2D eigenvalue weighted by atomic mass is 127. The van der Waals surface area contributed by atoms with Crippen LogP contribution in [0.25, 0.3) is 0 Å². The molecule has 1 aliphatic rings. The Hall–Kier alpha value is -2.29. The summed E-state index contributed by atoms with van der Waals surface area (Å²) in [6.45, 7) is 4.67. The second-order valence-corrected chi connectivity index (χ2v) is 7.27. The van der Waals surface area contributed by atoms with Crippen LogP contribution in [0.4, 0.5) is 5.69 Å². The third-order valence-electron chi connectivity index (χ3n) is 5.21. The van der Waals surface area contributed by atoms with Gasteiger partial charge in [0, 0.05) is 65.5 Å². The van der Waals surface area contributed by atoms with Crippen molar-refractivity contribution in [3.63, 3.8) is 0 Å². The lowest BCUT2D eigenvalue weighted by Crippen LogP contribution is -2.49. The Morgan fingerprint density at radius 3 is 2.20 bits per heavy atom. The highest BCUT2D eigenvalue weighted by Crippen LogP contribution is 2.15. The molecule has 1 fully saturated rings. The van der Waals surface area contributed by atoms with E-state index in [4.69, 9.17) is 0 Å². The van der Waals surface area contributed by atoms with Crippen LogP contribution in [-0.4, -0.2) is 68.5 Å². The summed E-state index contributed by atoms with van der Waals surface area (Å²) in [5, 5.41) is 3.31. The lowest BCUT2D eigenvalue weighted by molar-refractivity contribution is -0.131. The van der Waals surface area contributed by atoms with Gasteiger partial charge >= 0.3 is 0 Å². The molecule has 1 N–H and O–H groups in total. The van der Waals surface area contributed by atoms with E-state index in [0.717, 1.165) is 38.7 Å². The summed E-state index contributed by atoms with van der Waals surface area (Å²) in [6.07, 6.45) is 0.476. The summed E-state index contributed by atoms with van der Waals surface area (Å²) in [4.78, 5) is 23.3. The minimum Gasteiger partial charge on any atom is -0.368 e. The van der Waals surface area contributed by atoms with Gasteiger partial charge in [0.15, 0.2) is 5.96 Å².